The Morgan fingerprint density at radius 3 is 2.62 bits per heavy atom. The fourth-order valence-corrected chi connectivity index (χ4v) is 5.42. The molecule has 0 unspecified atom stereocenters. The number of aryl methyl sites for hydroxylation is 2. The van der Waals surface area contributed by atoms with Gasteiger partial charge < -0.3 is 0 Å². The van der Waals surface area contributed by atoms with Gasteiger partial charge in [-0.2, -0.15) is 13.2 Å². The van der Waals surface area contributed by atoms with Crippen molar-refractivity contribution in [1.82, 2.24) is 35.2 Å². The van der Waals surface area contributed by atoms with Crippen molar-refractivity contribution < 1.29 is 13.2 Å². The molecular weight excluding hydrogens is 463 g/mol. The van der Waals surface area contributed by atoms with Gasteiger partial charge in [0.25, 0.3) is 0 Å². The third kappa shape index (κ3) is 3.61. The molecule has 4 heterocycles. The number of halogens is 3. The van der Waals surface area contributed by atoms with Crippen LogP contribution in [0.5, 0.6) is 0 Å². The molecule has 170 valence electrons. The molecule has 0 N–H and O–H groups in total. The predicted molar refractivity (Wildman–Crippen MR) is 120 cm³/mol. The maximum atomic E-state index is 13.2. The molecule has 0 saturated heterocycles. The lowest BCUT2D eigenvalue weighted by molar-refractivity contribution is -0.137. The third-order valence-electron chi connectivity index (χ3n) is 5.77. The predicted octanol–water partition coefficient (Wildman–Crippen LogP) is 5.29. The van der Waals surface area contributed by atoms with E-state index in [2.05, 4.69) is 20.4 Å². The summed E-state index contributed by atoms with van der Waals surface area (Å²) in [7, 11) is 0. The summed E-state index contributed by atoms with van der Waals surface area (Å²) in [4.78, 5) is 17.1. The highest BCUT2D eigenvalue weighted by molar-refractivity contribution is 7.19. The van der Waals surface area contributed by atoms with Crippen molar-refractivity contribution in [1.29, 1.82) is 0 Å². The zero-order valence-corrected chi connectivity index (χ0v) is 18.4. The first-order valence-corrected chi connectivity index (χ1v) is 11.5. The first-order valence-electron chi connectivity index (χ1n) is 10.7. The minimum Gasteiger partial charge on any atom is -0.264 e. The summed E-state index contributed by atoms with van der Waals surface area (Å²) >= 11 is 1.64. The molecule has 0 amide bonds. The fraction of sp³-hybridized carbons (Fsp3) is 0.217. The summed E-state index contributed by atoms with van der Waals surface area (Å²) in [6.45, 7) is 0. The number of fused-ring (bicyclic) bond motifs is 3. The first-order chi connectivity index (χ1) is 16.5. The zero-order chi connectivity index (χ0) is 23.3. The highest BCUT2D eigenvalue weighted by atomic mass is 32.1. The van der Waals surface area contributed by atoms with Crippen LogP contribution in [-0.2, 0) is 19.0 Å². The quantitative estimate of drug-likeness (QED) is 0.350. The molecule has 0 atom stereocenters. The van der Waals surface area contributed by atoms with Crippen LogP contribution in [0.15, 0.2) is 48.8 Å². The van der Waals surface area contributed by atoms with Gasteiger partial charge in [-0.3, -0.25) is 4.98 Å². The van der Waals surface area contributed by atoms with Gasteiger partial charge >= 0.3 is 6.18 Å². The lowest BCUT2D eigenvalue weighted by Crippen LogP contribution is -2.07. The van der Waals surface area contributed by atoms with Crippen molar-refractivity contribution in [2.75, 3.05) is 0 Å². The van der Waals surface area contributed by atoms with Crippen molar-refractivity contribution in [3.63, 3.8) is 0 Å². The van der Waals surface area contributed by atoms with Crippen LogP contribution in [0.3, 0.4) is 0 Å². The van der Waals surface area contributed by atoms with Gasteiger partial charge in [-0.15, -0.1) is 26.3 Å². The fourth-order valence-electron chi connectivity index (χ4n) is 4.16. The van der Waals surface area contributed by atoms with Gasteiger partial charge in [-0.25, -0.2) is 9.97 Å². The van der Waals surface area contributed by atoms with Crippen molar-refractivity contribution >= 4 is 21.6 Å². The largest absolute Gasteiger partial charge is 0.416 e. The molecule has 0 aliphatic heterocycles. The Balaban J connectivity index is 1.52. The molecule has 5 aromatic rings. The smallest absolute Gasteiger partial charge is 0.264 e. The molecule has 0 spiro atoms. The van der Waals surface area contributed by atoms with E-state index < -0.39 is 11.7 Å². The van der Waals surface area contributed by atoms with E-state index in [1.807, 2.05) is 12.1 Å². The van der Waals surface area contributed by atoms with Crippen LogP contribution in [0.1, 0.15) is 28.8 Å². The van der Waals surface area contributed by atoms with Crippen LogP contribution >= 0.6 is 11.3 Å². The SMILES string of the molecule is FC(F)(F)c1cccc(-c2nnn(-c3nc(-c4cccnc4)nc4sc5c(c34)CCCC5)n2)c1. The molecular formula is C23H16F3N7S. The van der Waals surface area contributed by atoms with Crippen molar-refractivity contribution in [2.24, 2.45) is 0 Å². The standard InChI is InChI=1S/C23H16F3N7S/c24-23(25,26)15-7-3-5-13(11-15)20-30-32-33(31-20)21-18-16-8-1-2-9-17(16)34-22(18)29-19(28-21)14-6-4-10-27-12-14/h3-7,10-12H,1-2,8-9H2. The number of aromatic nitrogens is 7. The lowest BCUT2D eigenvalue weighted by atomic mass is 9.97. The molecule has 34 heavy (non-hydrogen) atoms. The number of thiophene rings is 1. The normalized spacial score (nSPS) is 13.9. The van der Waals surface area contributed by atoms with Crippen molar-refractivity contribution in [3.8, 4) is 28.6 Å². The molecule has 0 bridgehead atoms. The highest BCUT2D eigenvalue weighted by Gasteiger charge is 2.31. The molecule has 11 heteroatoms. The van der Waals surface area contributed by atoms with Crippen LogP contribution < -0.4 is 0 Å². The van der Waals surface area contributed by atoms with Gasteiger partial charge in [-0.05, 0) is 60.7 Å². The monoisotopic (exact) mass is 479 g/mol. The van der Waals surface area contributed by atoms with Crippen molar-refractivity contribution in [3.05, 3.63) is 64.8 Å². The summed E-state index contributed by atoms with van der Waals surface area (Å²) in [6, 6.07) is 8.57. The molecule has 0 fully saturated rings. The minimum absolute atomic E-state index is 0.0879. The van der Waals surface area contributed by atoms with Gasteiger partial charge in [0, 0.05) is 28.4 Å². The minimum atomic E-state index is -4.46. The van der Waals surface area contributed by atoms with E-state index >= 15 is 0 Å². The Morgan fingerprint density at radius 2 is 1.79 bits per heavy atom. The number of tetrazole rings is 1. The number of pyridine rings is 1. The molecule has 1 aliphatic carbocycles. The summed E-state index contributed by atoms with van der Waals surface area (Å²) in [6.07, 6.45) is 2.99. The van der Waals surface area contributed by atoms with Crippen LogP contribution in [0.25, 0.3) is 38.8 Å². The van der Waals surface area contributed by atoms with E-state index in [1.165, 1.54) is 27.4 Å². The van der Waals surface area contributed by atoms with E-state index in [0.717, 1.165) is 53.6 Å². The number of nitrogens with zero attached hydrogens (tertiary/aromatic N) is 7. The van der Waals surface area contributed by atoms with Crippen LogP contribution in [0.2, 0.25) is 0 Å². The molecule has 6 rings (SSSR count). The maximum Gasteiger partial charge on any atom is 0.416 e. The second kappa shape index (κ2) is 7.94. The highest BCUT2D eigenvalue weighted by Crippen LogP contribution is 2.39. The molecule has 1 aliphatic rings. The van der Waals surface area contributed by atoms with E-state index in [-0.39, 0.29) is 11.4 Å². The summed E-state index contributed by atoms with van der Waals surface area (Å²) in [5.74, 6) is 1.03. The molecule has 0 saturated carbocycles. The van der Waals surface area contributed by atoms with Gasteiger partial charge in [-0.1, -0.05) is 12.1 Å². The van der Waals surface area contributed by atoms with E-state index in [1.54, 1.807) is 23.7 Å². The van der Waals surface area contributed by atoms with E-state index in [4.69, 9.17) is 9.97 Å². The Labute approximate surface area is 195 Å². The van der Waals surface area contributed by atoms with Crippen LogP contribution in [-0.4, -0.2) is 35.2 Å². The molecule has 1 aromatic carbocycles. The van der Waals surface area contributed by atoms with Gasteiger partial charge in [0.1, 0.15) is 4.83 Å². The second-order valence-electron chi connectivity index (χ2n) is 7.98. The number of benzene rings is 1. The number of hydrogen-bond donors (Lipinski definition) is 0. The molecule has 7 nitrogen and oxygen atoms in total. The molecule has 0 radical (unpaired) electrons. The Hall–Kier alpha value is -3.73. The average Bonchev–Trinajstić information content (AvgIpc) is 3.49. The number of alkyl halides is 3. The number of rotatable bonds is 3. The Morgan fingerprint density at radius 1 is 0.941 bits per heavy atom. The van der Waals surface area contributed by atoms with Crippen LogP contribution in [0.4, 0.5) is 13.2 Å². The molecule has 4 aromatic heterocycles. The summed E-state index contributed by atoms with van der Waals surface area (Å²) in [5.41, 5.74) is 1.40. The van der Waals surface area contributed by atoms with Gasteiger partial charge in [0.2, 0.25) is 5.82 Å². The maximum absolute atomic E-state index is 13.2. The zero-order valence-electron chi connectivity index (χ0n) is 17.6. The van der Waals surface area contributed by atoms with Crippen LogP contribution in [0, 0.1) is 0 Å². The first kappa shape index (κ1) is 20.8. The summed E-state index contributed by atoms with van der Waals surface area (Å²) in [5, 5.41) is 13.5. The van der Waals surface area contributed by atoms with Gasteiger partial charge in [0.15, 0.2) is 11.6 Å². The Bertz CT molecular complexity index is 1510. The Kier molecular flexibility index (Phi) is 4.87. The van der Waals surface area contributed by atoms with E-state index in [0.29, 0.717) is 11.6 Å². The summed E-state index contributed by atoms with van der Waals surface area (Å²) < 4.78 is 39.5. The van der Waals surface area contributed by atoms with Crippen molar-refractivity contribution in [2.45, 2.75) is 31.9 Å². The lowest BCUT2D eigenvalue weighted by Gasteiger charge is -2.11. The third-order valence-corrected chi connectivity index (χ3v) is 6.95. The average molecular weight is 479 g/mol. The second-order valence-corrected chi connectivity index (χ2v) is 9.07. The topological polar surface area (TPSA) is 82.3 Å². The van der Waals surface area contributed by atoms with E-state index in [9.17, 15) is 13.2 Å². The number of hydrogen-bond acceptors (Lipinski definition) is 7. The van der Waals surface area contributed by atoms with Gasteiger partial charge in [0.05, 0.1) is 10.9 Å².